The Bertz CT molecular complexity index is 532. The summed E-state index contributed by atoms with van der Waals surface area (Å²) in [5, 5.41) is 0.631. The van der Waals surface area contributed by atoms with Gasteiger partial charge in [-0.25, -0.2) is 0 Å². The normalized spacial score (nSPS) is 27.0. The van der Waals surface area contributed by atoms with E-state index in [4.69, 9.17) is 9.47 Å². The van der Waals surface area contributed by atoms with Crippen molar-refractivity contribution in [2.75, 3.05) is 13.2 Å². The van der Waals surface area contributed by atoms with Gasteiger partial charge in [-0.2, -0.15) is 11.8 Å². The molecule has 1 aliphatic heterocycles. The zero-order chi connectivity index (χ0) is 16.8. The molecule has 1 heterocycles. The fraction of sp³-hybridized carbons (Fsp3) is 0.632. The average molecular weight is 346 g/mol. The van der Waals surface area contributed by atoms with Crippen LogP contribution in [0, 0.1) is 0 Å². The monoisotopic (exact) mass is 346 g/mol. The lowest BCUT2D eigenvalue weighted by Gasteiger charge is -2.30. The maximum absolute atomic E-state index is 11.6. The fourth-order valence-electron chi connectivity index (χ4n) is 3.64. The van der Waals surface area contributed by atoms with Gasteiger partial charge in [-0.15, -0.1) is 0 Å². The number of hydrogen-bond acceptors (Lipinski definition) is 4. The number of carbonyl (C=O) groups excluding carboxylic acids is 1. The van der Waals surface area contributed by atoms with Gasteiger partial charge in [-0.05, 0) is 31.7 Å². The molecule has 1 unspecified atom stereocenters. The summed E-state index contributed by atoms with van der Waals surface area (Å²) in [6.45, 7) is 3.50. The third kappa shape index (κ3) is 4.79. The summed E-state index contributed by atoms with van der Waals surface area (Å²) in [5.74, 6) is 1.06. The third-order valence-corrected chi connectivity index (χ3v) is 6.50. The van der Waals surface area contributed by atoms with E-state index in [0.29, 0.717) is 18.0 Å². The maximum Gasteiger partial charge on any atom is 0.301 e. The minimum absolute atomic E-state index is 0.0334. The van der Waals surface area contributed by atoms with Crippen LogP contribution in [0.4, 0.5) is 0 Å². The van der Waals surface area contributed by atoms with Crippen LogP contribution in [0.1, 0.15) is 44.6 Å². The molecule has 1 aromatic rings. The molecular weight excluding hydrogens is 319 g/mol. The topological polar surface area (TPSA) is 35.5 Å². The SMILES string of the molecule is CCO[C@@H]1CCCC[C@@H]1SCc1ccc(BC2CCOC2=O)cc1. The van der Waals surface area contributed by atoms with E-state index in [0.717, 1.165) is 26.1 Å². The number of hydrogen-bond donors (Lipinski definition) is 0. The van der Waals surface area contributed by atoms with Crippen LogP contribution < -0.4 is 5.46 Å². The van der Waals surface area contributed by atoms with Crippen molar-refractivity contribution in [2.45, 2.75) is 62.0 Å². The van der Waals surface area contributed by atoms with Gasteiger partial charge in [-0.3, -0.25) is 4.79 Å². The van der Waals surface area contributed by atoms with Crippen molar-refractivity contribution in [1.82, 2.24) is 0 Å². The molecule has 0 N–H and O–H groups in total. The molecule has 0 spiro atoms. The van der Waals surface area contributed by atoms with Crippen molar-refractivity contribution < 1.29 is 14.3 Å². The summed E-state index contributed by atoms with van der Waals surface area (Å²) < 4.78 is 11.0. The van der Waals surface area contributed by atoms with Crippen LogP contribution in [-0.4, -0.2) is 37.8 Å². The van der Waals surface area contributed by atoms with Crippen LogP contribution in [0.3, 0.4) is 0 Å². The zero-order valence-electron chi connectivity index (χ0n) is 14.5. The molecule has 3 nitrogen and oxygen atoms in total. The van der Waals surface area contributed by atoms with Crippen LogP contribution in [-0.2, 0) is 20.0 Å². The van der Waals surface area contributed by atoms with Gasteiger partial charge in [0.05, 0.1) is 12.7 Å². The van der Waals surface area contributed by atoms with Gasteiger partial charge in [0.1, 0.15) is 0 Å². The lowest BCUT2D eigenvalue weighted by Crippen LogP contribution is -2.30. The van der Waals surface area contributed by atoms with E-state index in [1.54, 1.807) is 0 Å². The van der Waals surface area contributed by atoms with E-state index in [2.05, 4.69) is 31.2 Å². The largest absolute Gasteiger partial charge is 0.466 e. The average Bonchev–Trinajstić information content (AvgIpc) is 3.00. The van der Waals surface area contributed by atoms with E-state index in [1.165, 1.54) is 36.7 Å². The number of thioether (sulfide) groups is 1. The van der Waals surface area contributed by atoms with Gasteiger partial charge in [0.2, 0.25) is 0 Å². The highest BCUT2D eigenvalue weighted by Gasteiger charge is 2.28. The van der Waals surface area contributed by atoms with Gasteiger partial charge >= 0.3 is 5.97 Å². The highest BCUT2D eigenvalue weighted by Crippen LogP contribution is 2.32. The maximum atomic E-state index is 11.6. The fourth-order valence-corrected chi connectivity index (χ4v) is 5.00. The van der Waals surface area contributed by atoms with Gasteiger partial charge in [0, 0.05) is 23.4 Å². The highest BCUT2D eigenvalue weighted by atomic mass is 32.2. The van der Waals surface area contributed by atoms with E-state index >= 15 is 0 Å². The van der Waals surface area contributed by atoms with Crippen molar-refractivity contribution in [3.63, 3.8) is 0 Å². The number of ether oxygens (including phenoxy) is 2. The number of esters is 1. The summed E-state index contributed by atoms with van der Waals surface area (Å²) in [5.41, 5.74) is 2.59. The molecule has 1 saturated heterocycles. The Morgan fingerprint density at radius 3 is 2.71 bits per heavy atom. The zero-order valence-corrected chi connectivity index (χ0v) is 15.4. The minimum Gasteiger partial charge on any atom is -0.466 e. The molecule has 0 bridgehead atoms. The van der Waals surface area contributed by atoms with Crippen LogP contribution in [0.2, 0.25) is 5.82 Å². The summed E-state index contributed by atoms with van der Waals surface area (Å²) in [7, 11) is 0.807. The second kappa shape index (κ2) is 8.96. The first-order valence-electron chi connectivity index (χ1n) is 9.24. The molecule has 1 aromatic carbocycles. The van der Waals surface area contributed by atoms with Crippen molar-refractivity contribution in [1.29, 1.82) is 0 Å². The van der Waals surface area contributed by atoms with Crippen molar-refractivity contribution in [2.24, 2.45) is 0 Å². The van der Waals surface area contributed by atoms with E-state index in [1.807, 2.05) is 11.8 Å². The van der Waals surface area contributed by atoms with Crippen LogP contribution in [0.15, 0.2) is 24.3 Å². The number of benzene rings is 1. The lowest BCUT2D eigenvalue weighted by atomic mass is 9.58. The first-order valence-corrected chi connectivity index (χ1v) is 10.3. The summed E-state index contributed by atoms with van der Waals surface area (Å²) >= 11 is 2.04. The number of carbonyl (C=O) groups is 1. The Morgan fingerprint density at radius 2 is 2.00 bits per heavy atom. The van der Waals surface area contributed by atoms with Crippen LogP contribution in [0.5, 0.6) is 0 Å². The first kappa shape index (κ1) is 17.9. The number of rotatable bonds is 7. The lowest BCUT2D eigenvalue weighted by molar-refractivity contribution is -0.137. The summed E-state index contributed by atoms with van der Waals surface area (Å²) in [4.78, 5) is 11.6. The van der Waals surface area contributed by atoms with Crippen LogP contribution >= 0.6 is 11.8 Å². The van der Waals surface area contributed by atoms with E-state index in [9.17, 15) is 4.79 Å². The molecule has 130 valence electrons. The Balaban J connectivity index is 1.49. The molecule has 0 radical (unpaired) electrons. The van der Waals surface area contributed by atoms with Gasteiger partial charge in [0.15, 0.2) is 7.28 Å². The Hall–Kier alpha value is -0.935. The molecule has 2 fully saturated rings. The van der Waals surface area contributed by atoms with Crippen molar-refractivity contribution >= 4 is 30.5 Å². The summed E-state index contributed by atoms with van der Waals surface area (Å²) in [6.07, 6.45) is 6.41. The van der Waals surface area contributed by atoms with Crippen LogP contribution in [0.25, 0.3) is 0 Å². The second-order valence-electron chi connectivity index (χ2n) is 6.80. The van der Waals surface area contributed by atoms with E-state index < -0.39 is 0 Å². The van der Waals surface area contributed by atoms with Gasteiger partial charge < -0.3 is 9.47 Å². The van der Waals surface area contributed by atoms with Gasteiger partial charge in [0.25, 0.3) is 0 Å². The highest BCUT2D eigenvalue weighted by molar-refractivity contribution is 7.99. The molecule has 0 aromatic heterocycles. The molecule has 1 saturated carbocycles. The molecule has 5 heteroatoms. The van der Waals surface area contributed by atoms with Gasteiger partial charge in [-0.1, -0.05) is 42.6 Å². The smallest absolute Gasteiger partial charge is 0.301 e. The molecule has 0 amide bonds. The molecule has 24 heavy (non-hydrogen) atoms. The predicted octanol–water partition coefficient (Wildman–Crippen LogP) is 3.06. The van der Waals surface area contributed by atoms with Crippen molar-refractivity contribution in [3.8, 4) is 0 Å². The third-order valence-electron chi connectivity index (χ3n) is 5.04. The van der Waals surface area contributed by atoms with E-state index in [-0.39, 0.29) is 11.8 Å². The number of cyclic esters (lactones) is 1. The Labute approximate surface area is 150 Å². The quantitative estimate of drug-likeness (QED) is 0.562. The minimum atomic E-state index is -0.0334. The molecule has 3 rings (SSSR count). The van der Waals surface area contributed by atoms with Crippen molar-refractivity contribution in [3.05, 3.63) is 29.8 Å². The standard InChI is InChI=1S/C19H27BO3S/c1-2-22-17-5-3-4-6-18(17)24-13-14-7-9-15(10-8-14)20-16-11-12-23-19(16)21/h7-10,16-18,20H,2-6,11-13H2,1H3/t16?,17-,18+/m1/s1. The predicted molar refractivity (Wildman–Crippen MR) is 102 cm³/mol. The Kier molecular flexibility index (Phi) is 6.67. The molecule has 3 atom stereocenters. The molecule has 1 aliphatic carbocycles. The molecule has 2 aliphatic rings. The second-order valence-corrected chi connectivity index (χ2v) is 8.03. The Morgan fingerprint density at radius 1 is 1.21 bits per heavy atom. The summed E-state index contributed by atoms with van der Waals surface area (Å²) in [6, 6.07) is 8.76. The molecular formula is C19H27BO3S. The first-order chi connectivity index (χ1) is 11.8.